The molecule has 2 fully saturated rings. The van der Waals surface area contributed by atoms with Gasteiger partial charge in [-0.25, -0.2) is 9.97 Å². The lowest BCUT2D eigenvalue weighted by Crippen LogP contribution is -2.56. The van der Waals surface area contributed by atoms with E-state index in [0.29, 0.717) is 32.2 Å². The van der Waals surface area contributed by atoms with Crippen molar-refractivity contribution in [3.05, 3.63) is 42.9 Å². The molecule has 1 atom stereocenters. The minimum Gasteiger partial charge on any atom is -0.381 e. The quantitative estimate of drug-likeness (QED) is 0.478. The fourth-order valence-electron chi connectivity index (χ4n) is 5.26. The minimum atomic E-state index is -0.516. The van der Waals surface area contributed by atoms with Crippen molar-refractivity contribution in [2.45, 2.75) is 45.7 Å². The molecule has 10 heteroatoms. The highest BCUT2D eigenvalue weighted by Gasteiger charge is 2.31. The standard InChI is InChI=1S/C29H37N7O3/c1-19(2)27(32-20(3)37)29(38)36-12-10-35(11-13-36)28-24-5-8-30-18-22(24)16-25(34-28)21-4-9-31-26(17-21)33-23-6-14-39-15-7-23/h4-5,8-9,16-19,23,27H,6-7,10-15H2,1-3H3,(H,31,33)(H,32,37). The molecule has 0 saturated carbocycles. The van der Waals surface area contributed by atoms with Crippen LogP contribution in [0.4, 0.5) is 11.6 Å². The Morgan fingerprint density at radius 3 is 2.54 bits per heavy atom. The third-order valence-electron chi connectivity index (χ3n) is 7.42. The molecular weight excluding hydrogens is 494 g/mol. The Morgan fingerprint density at radius 2 is 1.82 bits per heavy atom. The number of piperazine rings is 1. The van der Waals surface area contributed by atoms with Crippen LogP contribution in [0.1, 0.15) is 33.6 Å². The number of aromatic nitrogens is 3. The number of fused-ring (bicyclic) bond motifs is 1. The molecule has 2 amide bonds. The fraction of sp³-hybridized carbons (Fsp3) is 0.483. The molecule has 0 bridgehead atoms. The summed E-state index contributed by atoms with van der Waals surface area (Å²) in [7, 11) is 0. The number of hydrogen-bond donors (Lipinski definition) is 2. The topological polar surface area (TPSA) is 113 Å². The van der Waals surface area contributed by atoms with E-state index in [9.17, 15) is 9.59 Å². The molecule has 3 aromatic rings. The Morgan fingerprint density at radius 1 is 1.05 bits per heavy atom. The maximum Gasteiger partial charge on any atom is 0.245 e. The van der Waals surface area contributed by atoms with Crippen LogP contribution in [-0.4, -0.2) is 83.1 Å². The molecule has 0 aliphatic carbocycles. The summed E-state index contributed by atoms with van der Waals surface area (Å²) in [6.07, 6.45) is 7.40. The van der Waals surface area contributed by atoms with Crippen molar-refractivity contribution < 1.29 is 14.3 Å². The SMILES string of the molecule is CC(=O)NC(C(=O)N1CCN(c2nc(-c3ccnc(NC4CCOCC4)c3)cc3cnccc23)CC1)C(C)C. The van der Waals surface area contributed by atoms with Crippen molar-refractivity contribution in [2.75, 3.05) is 49.6 Å². The molecule has 2 N–H and O–H groups in total. The molecule has 0 aromatic carbocycles. The monoisotopic (exact) mass is 531 g/mol. The molecule has 39 heavy (non-hydrogen) atoms. The van der Waals surface area contributed by atoms with Gasteiger partial charge < -0.3 is 25.2 Å². The van der Waals surface area contributed by atoms with Crippen LogP contribution in [0.15, 0.2) is 42.9 Å². The fourth-order valence-corrected chi connectivity index (χ4v) is 5.26. The lowest BCUT2D eigenvalue weighted by molar-refractivity contribution is -0.137. The van der Waals surface area contributed by atoms with Crippen LogP contribution in [0.3, 0.4) is 0 Å². The molecule has 2 saturated heterocycles. The number of hydrogen-bond acceptors (Lipinski definition) is 8. The summed E-state index contributed by atoms with van der Waals surface area (Å²) in [5.41, 5.74) is 1.84. The summed E-state index contributed by atoms with van der Waals surface area (Å²) in [6, 6.07) is 7.93. The van der Waals surface area contributed by atoms with E-state index in [1.165, 1.54) is 6.92 Å². The second-order valence-corrected chi connectivity index (χ2v) is 10.6. The third-order valence-corrected chi connectivity index (χ3v) is 7.42. The van der Waals surface area contributed by atoms with Gasteiger partial charge in [0, 0.05) is 87.3 Å². The second kappa shape index (κ2) is 11.9. The zero-order valence-electron chi connectivity index (χ0n) is 22.9. The van der Waals surface area contributed by atoms with Gasteiger partial charge in [-0.15, -0.1) is 0 Å². The first-order chi connectivity index (χ1) is 18.9. The highest BCUT2D eigenvalue weighted by molar-refractivity contribution is 5.94. The number of carbonyl (C=O) groups is 2. The van der Waals surface area contributed by atoms with Gasteiger partial charge in [0.25, 0.3) is 0 Å². The maximum absolute atomic E-state index is 13.2. The largest absolute Gasteiger partial charge is 0.381 e. The van der Waals surface area contributed by atoms with Crippen LogP contribution in [0.25, 0.3) is 22.0 Å². The Bertz CT molecular complexity index is 1320. The Kier molecular flexibility index (Phi) is 8.21. The molecule has 2 aliphatic heterocycles. The van der Waals surface area contributed by atoms with Crippen LogP contribution in [0, 0.1) is 5.92 Å². The molecule has 1 unspecified atom stereocenters. The van der Waals surface area contributed by atoms with Crippen molar-refractivity contribution in [1.82, 2.24) is 25.2 Å². The summed E-state index contributed by atoms with van der Waals surface area (Å²) >= 11 is 0. The van der Waals surface area contributed by atoms with Gasteiger partial charge >= 0.3 is 0 Å². The van der Waals surface area contributed by atoms with Gasteiger partial charge in [0.2, 0.25) is 11.8 Å². The molecule has 206 valence electrons. The zero-order valence-corrected chi connectivity index (χ0v) is 22.9. The van der Waals surface area contributed by atoms with E-state index >= 15 is 0 Å². The van der Waals surface area contributed by atoms with Gasteiger partial charge in [-0.3, -0.25) is 14.6 Å². The summed E-state index contributed by atoms with van der Waals surface area (Å²) < 4.78 is 5.48. The maximum atomic E-state index is 13.2. The summed E-state index contributed by atoms with van der Waals surface area (Å²) in [5, 5.41) is 8.41. The van der Waals surface area contributed by atoms with Crippen LogP contribution in [0.5, 0.6) is 0 Å². The number of pyridine rings is 3. The molecule has 5 rings (SSSR count). The summed E-state index contributed by atoms with van der Waals surface area (Å²) in [6.45, 7) is 9.32. The highest BCUT2D eigenvalue weighted by Crippen LogP contribution is 2.31. The predicted molar refractivity (Wildman–Crippen MR) is 151 cm³/mol. The van der Waals surface area contributed by atoms with Gasteiger partial charge in [0.05, 0.1) is 5.69 Å². The number of ether oxygens (including phenoxy) is 1. The average Bonchev–Trinajstić information content (AvgIpc) is 2.95. The third kappa shape index (κ3) is 6.27. The first kappa shape index (κ1) is 26.8. The van der Waals surface area contributed by atoms with E-state index in [1.807, 2.05) is 43.3 Å². The highest BCUT2D eigenvalue weighted by atomic mass is 16.5. The zero-order chi connectivity index (χ0) is 27.4. The van der Waals surface area contributed by atoms with E-state index in [2.05, 4.69) is 37.6 Å². The molecule has 0 radical (unpaired) electrons. The van der Waals surface area contributed by atoms with Crippen molar-refractivity contribution >= 4 is 34.2 Å². The van der Waals surface area contributed by atoms with Crippen LogP contribution >= 0.6 is 0 Å². The lowest BCUT2D eigenvalue weighted by atomic mass is 10.0. The number of carbonyl (C=O) groups excluding carboxylic acids is 2. The normalized spacial score (nSPS) is 17.3. The average molecular weight is 532 g/mol. The van der Waals surface area contributed by atoms with E-state index in [1.54, 1.807) is 6.20 Å². The predicted octanol–water partition coefficient (Wildman–Crippen LogP) is 3.09. The first-order valence-corrected chi connectivity index (χ1v) is 13.8. The molecule has 0 spiro atoms. The van der Waals surface area contributed by atoms with Gasteiger partial charge in [0.15, 0.2) is 0 Å². The van der Waals surface area contributed by atoms with Crippen molar-refractivity contribution in [1.29, 1.82) is 0 Å². The number of nitrogens with zero attached hydrogens (tertiary/aromatic N) is 5. The summed E-state index contributed by atoms with van der Waals surface area (Å²) in [5.74, 6) is 1.51. The van der Waals surface area contributed by atoms with Crippen molar-refractivity contribution in [3.8, 4) is 11.3 Å². The molecule has 5 heterocycles. The van der Waals surface area contributed by atoms with E-state index in [4.69, 9.17) is 9.72 Å². The molecular formula is C29H37N7O3. The minimum absolute atomic E-state index is 0.0143. The molecule has 2 aliphatic rings. The lowest BCUT2D eigenvalue weighted by Gasteiger charge is -2.38. The van der Waals surface area contributed by atoms with Crippen LogP contribution < -0.4 is 15.5 Å². The first-order valence-electron chi connectivity index (χ1n) is 13.8. The van der Waals surface area contributed by atoms with E-state index in [0.717, 1.165) is 59.7 Å². The van der Waals surface area contributed by atoms with E-state index < -0.39 is 6.04 Å². The van der Waals surface area contributed by atoms with Gasteiger partial charge in [-0.05, 0) is 43.0 Å². The van der Waals surface area contributed by atoms with E-state index in [-0.39, 0.29) is 17.7 Å². The number of rotatable bonds is 7. The number of nitrogens with one attached hydrogen (secondary N) is 2. The Balaban J connectivity index is 1.37. The number of anilines is 2. The summed E-state index contributed by atoms with van der Waals surface area (Å²) in [4.78, 5) is 42.9. The van der Waals surface area contributed by atoms with Gasteiger partial charge in [-0.2, -0.15) is 0 Å². The Hall–Kier alpha value is -3.79. The smallest absolute Gasteiger partial charge is 0.245 e. The number of amides is 2. The van der Waals surface area contributed by atoms with Gasteiger partial charge in [-0.1, -0.05) is 13.8 Å². The molecule has 3 aromatic heterocycles. The molecule has 10 nitrogen and oxygen atoms in total. The second-order valence-electron chi connectivity index (χ2n) is 10.6. The van der Waals surface area contributed by atoms with Crippen LogP contribution in [0.2, 0.25) is 0 Å². The Labute approximate surface area is 229 Å². The van der Waals surface area contributed by atoms with Crippen molar-refractivity contribution in [2.24, 2.45) is 5.92 Å². The van der Waals surface area contributed by atoms with Gasteiger partial charge in [0.1, 0.15) is 17.7 Å². The van der Waals surface area contributed by atoms with Crippen molar-refractivity contribution in [3.63, 3.8) is 0 Å². The van der Waals surface area contributed by atoms with Crippen LogP contribution in [-0.2, 0) is 14.3 Å².